The van der Waals surface area contributed by atoms with E-state index < -0.39 is 0 Å². The lowest BCUT2D eigenvalue weighted by Gasteiger charge is -2.30. The lowest BCUT2D eigenvalue weighted by Crippen LogP contribution is -2.17. The number of nitriles is 2. The molecule has 2 rings (SSSR count). The smallest absolute Gasteiger partial charge is 0.132 e. The second kappa shape index (κ2) is 6.25. The van der Waals surface area contributed by atoms with Crippen LogP contribution in [0.25, 0.3) is 6.08 Å². The standard InChI is InChI=1S/C19H18N2/c1-19(2)11-16(9-8-15-6-4-3-5-7-15)10-17(12-19)18(13-20)14-21/h3-10H,11-12H2,1-2H3. The molecule has 0 fully saturated rings. The minimum atomic E-state index is 0.0688. The summed E-state index contributed by atoms with van der Waals surface area (Å²) >= 11 is 0. The monoisotopic (exact) mass is 274 g/mol. The van der Waals surface area contributed by atoms with Crippen molar-refractivity contribution in [1.82, 2.24) is 0 Å². The van der Waals surface area contributed by atoms with Gasteiger partial charge in [-0.2, -0.15) is 10.5 Å². The topological polar surface area (TPSA) is 47.6 Å². The molecule has 0 saturated carbocycles. The molecule has 0 N–H and O–H groups in total. The quantitative estimate of drug-likeness (QED) is 0.728. The normalized spacial score (nSPS) is 17.0. The molecule has 0 atom stereocenters. The SMILES string of the molecule is CC1(C)CC(C=Cc2ccccc2)=CC(=C(C#N)C#N)C1. The summed E-state index contributed by atoms with van der Waals surface area (Å²) in [4.78, 5) is 0. The minimum absolute atomic E-state index is 0.0688. The first-order chi connectivity index (χ1) is 10.0. The zero-order chi connectivity index (χ0) is 15.3. The van der Waals surface area contributed by atoms with Crippen LogP contribution in [0.5, 0.6) is 0 Å². The molecule has 0 aromatic heterocycles. The van der Waals surface area contributed by atoms with Gasteiger partial charge >= 0.3 is 0 Å². The predicted octanol–water partition coefficient (Wildman–Crippen LogP) is 4.79. The van der Waals surface area contributed by atoms with Crippen LogP contribution in [0, 0.1) is 28.1 Å². The van der Waals surface area contributed by atoms with Gasteiger partial charge in [0.05, 0.1) is 0 Å². The number of hydrogen-bond acceptors (Lipinski definition) is 2. The van der Waals surface area contributed by atoms with Gasteiger partial charge in [-0.25, -0.2) is 0 Å². The highest BCUT2D eigenvalue weighted by atomic mass is 14.3. The third-order valence-electron chi connectivity index (χ3n) is 3.55. The highest BCUT2D eigenvalue weighted by Crippen LogP contribution is 2.39. The number of nitrogens with zero attached hydrogens (tertiary/aromatic N) is 2. The molecule has 2 nitrogen and oxygen atoms in total. The third-order valence-corrected chi connectivity index (χ3v) is 3.55. The van der Waals surface area contributed by atoms with Gasteiger partial charge < -0.3 is 0 Å². The van der Waals surface area contributed by atoms with E-state index in [1.165, 1.54) is 0 Å². The molecular weight excluding hydrogens is 256 g/mol. The summed E-state index contributed by atoms with van der Waals surface area (Å²) in [6, 6.07) is 14.1. The Balaban J connectivity index is 2.35. The van der Waals surface area contributed by atoms with E-state index in [0.717, 1.165) is 29.6 Å². The molecule has 2 heteroatoms. The fraction of sp³-hybridized carbons (Fsp3) is 0.263. The molecule has 0 amide bonds. The second-order valence-corrected chi connectivity index (χ2v) is 6.10. The summed E-state index contributed by atoms with van der Waals surface area (Å²) in [5, 5.41) is 18.1. The lowest BCUT2D eigenvalue weighted by molar-refractivity contribution is 0.354. The fourth-order valence-corrected chi connectivity index (χ4v) is 2.66. The van der Waals surface area contributed by atoms with Crippen LogP contribution in [0.2, 0.25) is 0 Å². The molecule has 21 heavy (non-hydrogen) atoms. The predicted molar refractivity (Wildman–Crippen MR) is 84.8 cm³/mol. The van der Waals surface area contributed by atoms with Crippen molar-refractivity contribution in [1.29, 1.82) is 10.5 Å². The molecule has 0 spiro atoms. The molecule has 0 heterocycles. The maximum atomic E-state index is 9.07. The van der Waals surface area contributed by atoms with E-state index in [4.69, 9.17) is 10.5 Å². The van der Waals surface area contributed by atoms with Gasteiger partial charge in [0.1, 0.15) is 17.7 Å². The highest BCUT2D eigenvalue weighted by molar-refractivity contribution is 5.56. The van der Waals surface area contributed by atoms with Crippen LogP contribution in [0.1, 0.15) is 32.3 Å². The number of benzene rings is 1. The molecule has 0 radical (unpaired) electrons. The van der Waals surface area contributed by atoms with E-state index in [2.05, 4.69) is 38.1 Å². The van der Waals surface area contributed by atoms with Crippen molar-refractivity contribution in [2.24, 2.45) is 5.41 Å². The second-order valence-electron chi connectivity index (χ2n) is 6.10. The first-order valence-corrected chi connectivity index (χ1v) is 7.01. The maximum Gasteiger partial charge on any atom is 0.132 e. The molecule has 104 valence electrons. The summed E-state index contributed by atoms with van der Waals surface area (Å²) in [6.45, 7) is 4.34. The van der Waals surface area contributed by atoms with Gasteiger partial charge in [0.15, 0.2) is 0 Å². The van der Waals surface area contributed by atoms with E-state index in [9.17, 15) is 0 Å². The van der Waals surface area contributed by atoms with Gasteiger partial charge in [0.25, 0.3) is 0 Å². The van der Waals surface area contributed by atoms with Gasteiger partial charge in [0, 0.05) is 0 Å². The van der Waals surface area contributed by atoms with E-state index in [1.54, 1.807) is 0 Å². The Hall–Kier alpha value is -2.58. The summed E-state index contributed by atoms with van der Waals surface area (Å²) < 4.78 is 0. The molecule has 0 bridgehead atoms. The molecule has 1 aromatic rings. The largest absolute Gasteiger partial charge is 0.192 e. The Kier molecular flexibility index (Phi) is 4.41. The van der Waals surface area contributed by atoms with Crippen molar-refractivity contribution < 1.29 is 0 Å². The van der Waals surface area contributed by atoms with E-state index in [1.807, 2.05) is 36.4 Å². The lowest BCUT2D eigenvalue weighted by atomic mass is 9.74. The molecule has 1 aromatic carbocycles. The molecule has 1 aliphatic rings. The average molecular weight is 274 g/mol. The van der Waals surface area contributed by atoms with E-state index >= 15 is 0 Å². The van der Waals surface area contributed by atoms with Crippen molar-refractivity contribution in [3.8, 4) is 12.1 Å². The molecule has 0 aliphatic heterocycles. The van der Waals surface area contributed by atoms with Crippen molar-refractivity contribution in [3.05, 3.63) is 64.8 Å². The van der Waals surface area contributed by atoms with Gasteiger partial charge in [-0.1, -0.05) is 62.4 Å². The van der Waals surface area contributed by atoms with Crippen LogP contribution in [0.15, 0.2) is 59.2 Å². The molecule has 0 saturated heterocycles. The summed E-state index contributed by atoms with van der Waals surface area (Å²) in [5.74, 6) is 0. The summed E-state index contributed by atoms with van der Waals surface area (Å²) in [5.41, 5.74) is 3.46. The Morgan fingerprint density at radius 1 is 1.05 bits per heavy atom. The fourth-order valence-electron chi connectivity index (χ4n) is 2.66. The number of rotatable bonds is 2. The summed E-state index contributed by atoms with van der Waals surface area (Å²) in [6.07, 6.45) is 7.87. The summed E-state index contributed by atoms with van der Waals surface area (Å²) in [7, 11) is 0. The van der Waals surface area contributed by atoms with Crippen molar-refractivity contribution in [3.63, 3.8) is 0 Å². The maximum absolute atomic E-state index is 9.07. The Bertz CT molecular complexity index is 673. The van der Waals surface area contributed by atoms with Gasteiger partial charge in [0.2, 0.25) is 0 Å². The van der Waals surface area contributed by atoms with Crippen molar-refractivity contribution in [2.75, 3.05) is 0 Å². The van der Waals surface area contributed by atoms with Crippen LogP contribution in [-0.4, -0.2) is 0 Å². The molecular formula is C19H18N2. The van der Waals surface area contributed by atoms with Crippen LogP contribution < -0.4 is 0 Å². The molecule has 0 unspecified atom stereocenters. The Labute approximate surface area is 126 Å². The number of allylic oxidation sites excluding steroid dienone is 5. The Morgan fingerprint density at radius 3 is 2.33 bits per heavy atom. The Morgan fingerprint density at radius 2 is 1.71 bits per heavy atom. The van der Waals surface area contributed by atoms with E-state index in [0.29, 0.717) is 0 Å². The van der Waals surface area contributed by atoms with E-state index in [-0.39, 0.29) is 11.0 Å². The van der Waals surface area contributed by atoms with Gasteiger partial charge in [-0.15, -0.1) is 0 Å². The number of hydrogen-bond donors (Lipinski definition) is 0. The van der Waals surface area contributed by atoms with Gasteiger partial charge in [-0.3, -0.25) is 0 Å². The highest BCUT2D eigenvalue weighted by Gasteiger charge is 2.26. The van der Waals surface area contributed by atoms with Crippen LogP contribution >= 0.6 is 0 Å². The third kappa shape index (κ3) is 3.94. The van der Waals surface area contributed by atoms with Crippen LogP contribution in [0.3, 0.4) is 0 Å². The zero-order valence-electron chi connectivity index (χ0n) is 12.4. The van der Waals surface area contributed by atoms with Gasteiger partial charge in [-0.05, 0) is 35.0 Å². The van der Waals surface area contributed by atoms with Crippen molar-refractivity contribution in [2.45, 2.75) is 26.7 Å². The zero-order valence-corrected chi connectivity index (χ0v) is 12.4. The minimum Gasteiger partial charge on any atom is -0.192 e. The first-order valence-electron chi connectivity index (χ1n) is 7.01. The van der Waals surface area contributed by atoms with Crippen LogP contribution in [-0.2, 0) is 0 Å². The average Bonchev–Trinajstić information content (AvgIpc) is 2.46. The first kappa shape index (κ1) is 14.8. The van der Waals surface area contributed by atoms with Crippen molar-refractivity contribution >= 4 is 6.08 Å². The van der Waals surface area contributed by atoms with Crippen LogP contribution in [0.4, 0.5) is 0 Å². The molecule has 1 aliphatic carbocycles.